The Morgan fingerprint density at radius 1 is 0.793 bits per heavy atom. The Bertz CT molecular complexity index is 454. The van der Waals surface area contributed by atoms with Crippen LogP contribution in [0, 0.1) is 0 Å². The second kappa shape index (κ2) is 25.9. The van der Waals surface area contributed by atoms with Gasteiger partial charge in [0.2, 0.25) is 0 Å². The van der Waals surface area contributed by atoms with Crippen molar-refractivity contribution in [3.63, 3.8) is 0 Å². The summed E-state index contributed by atoms with van der Waals surface area (Å²) >= 11 is 0. The van der Waals surface area contributed by atoms with E-state index in [1.54, 1.807) is 0 Å². The first kappa shape index (κ1) is 31.6. The minimum atomic E-state index is -0.790. The lowest BCUT2D eigenvalue weighted by molar-refractivity contribution is -0.166. The Morgan fingerprint density at radius 3 is 1.86 bits per heavy atom. The largest absolute Gasteiger partial charge is 0.462 e. The van der Waals surface area contributed by atoms with Gasteiger partial charge in [0.05, 0.1) is 0 Å². The maximum Gasteiger partial charge on any atom is 0.306 e. The molecule has 0 bridgehead atoms. The van der Waals surface area contributed by atoms with Gasteiger partial charge in [-0.15, -0.1) is 0 Å². The third-order valence-electron chi connectivity index (χ3n) is 3.09. The Labute approximate surface area is 177 Å². The van der Waals surface area contributed by atoms with Crippen LogP contribution in [0.5, 0.6) is 0 Å². The molecule has 0 aromatic heterocycles. The summed E-state index contributed by atoms with van der Waals surface area (Å²) in [7, 11) is 0. The quantitative estimate of drug-likeness (QED) is 0.223. The minimum Gasteiger partial charge on any atom is -0.462 e. The molecule has 6 nitrogen and oxygen atoms in total. The van der Waals surface area contributed by atoms with Gasteiger partial charge in [0.15, 0.2) is 6.10 Å². The molecule has 0 aromatic carbocycles. The van der Waals surface area contributed by atoms with Gasteiger partial charge in [-0.25, -0.2) is 0 Å². The molecule has 0 N–H and O–H groups in total. The number of carbonyl (C=O) groups excluding carboxylic acids is 3. The summed E-state index contributed by atoms with van der Waals surface area (Å²) in [6, 6.07) is 0. The summed E-state index contributed by atoms with van der Waals surface area (Å²) in [5.41, 5.74) is 0. The van der Waals surface area contributed by atoms with E-state index in [-0.39, 0.29) is 32.0 Å². The Kier molecular flexibility index (Phi) is 28.2. The topological polar surface area (TPSA) is 78.9 Å². The van der Waals surface area contributed by atoms with Gasteiger partial charge >= 0.3 is 17.9 Å². The lowest BCUT2D eigenvalue weighted by Crippen LogP contribution is -2.30. The van der Waals surface area contributed by atoms with E-state index in [0.717, 1.165) is 12.8 Å². The van der Waals surface area contributed by atoms with E-state index >= 15 is 0 Å². The van der Waals surface area contributed by atoms with E-state index in [1.807, 2.05) is 58.9 Å². The summed E-state index contributed by atoms with van der Waals surface area (Å²) in [5.74, 6) is -1.28. The van der Waals surface area contributed by atoms with Gasteiger partial charge in [-0.05, 0) is 26.2 Å². The van der Waals surface area contributed by atoms with Gasteiger partial charge in [-0.2, -0.15) is 0 Å². The first-order valence-corrected chi connectivity index (χ1v) is 10.7. The van der Waals surface area contributed by atoms with Crippen molar-refractivity contribution in [2.45, 2.75) is 93.1 Å². The molecule has 0 saturated heterocycles. The number of allylic oxidation sites excluding steroid dienone is 4. The van der Waals surface area contributed by atoms with E-state index in [9.17, 15) is 14.4 Å². The fourth-order valence-electron chi connectivity index (χ4n) is 1.80. The predicted molar refractivity (Wildman–Crippen MR) is 117 cm³/mol. The van der Waals surface area contributed by atoms with E-state index in [2.05, 4.69) is 6.92 Å². The van der Waals surface area contributed by atoms with Crippen molar-refractivity contribution in [3.8, 4) is 0 Å². The third kappa shape index (κ3) is 25.9. The van der Waals surface area contributed by atoms with Crippen molar-refractivity contribution in [3.05, 3.63) is 24.3 Å². The van der Waals surface area contributed by atoms with E-state index in [0.29, 0.717) is 12.8 Å². The molecule has 1 atom stereocenters. The zero-order chi connectivity index (χ0) is 22.9. The zero-order valence-corrected chi connectivity index (χ0v) is 19.5. The van der Waals surface area contributed by atoms with Crippen molar-refractivity contribution >= 4 is 17.9 Å². The summed E-state index contributed by atoms with van der Waals surface area (Å²) in [4.78, 5) is 34.4. The maximum absolute atomic E-state index is 11.7. The SMILES string of the molecule is C/C=C\CCC(=O)OC(COC(C)=O)COC(=O)CCC=CCCC.CC.CC. The first-order chi connectivity index (χ1) is 14.0. The molecule has 0 amide bonds. The second-order valence-corrected chi connectivity index (χ2v) is 5.50. The molecule has 1 unspecified atom stereocenters. The third-order valence-corrected chi connectivity index (χ3v) is 3.09. The number of hydrogen-bond donors (Lipinski definition) is 0. The maximum atomic E-state index is 11.7. The second-order valence-electron chi connectivity index (χ2n) is 5.50. The highest BCUT2D eigenvalue weighted by Gasteiger charge is 2.18. The molecule has 6 heteroatoms. The van der Waals surface area contributed by atoms with Gasteiger partial charge in [0, 0.05) is 19.8 Å². The van der Waals surface area contributed by atoms with Crippen molar-refractivity contribution in [2.24, 2.45) is 0 Å². The molecule has 0 saturated carbocycles. The molecular weight excluding hydrogens is 372 g/mol. The molecular formula is C23H42O6. The summed E-state index contributed by atoms with van der Waals surface area (Å²) in [5, 5.41) is 0. The number of rotatable bonds is 13. The molecule has 0 fully saturated rings. The predicted octanol–water partition coefficient (Wildman–Crippen LogP) is 5.55. The molecule has 0 aliphatic heterocycles. The fourth-order valence-corrected chi connectivity index (χ4v) is 1.80. The average Bonchev–Trinajstić information content (AvgIpc) is 2.73. The zero-order valence-electron chi connectivity index (χ0n) is 19.5. The lowest BCUT2D eigenvalue weighted by Gasteiger charge is -2.17. The van der Waals surface area contributed by atoms with E-state index in [1.165, 1.54) is 6.92 Å². The van der Waals surface area contributed by atoms with Crippen molar-refractivity contribution < 1.29 is 28.6 Å². The van der Waals surface area contributed by atoms with Crippen LogP contribution in [0.15, 0.2) is 24.3 Å². The van der Waals surface area contributed by atoms with Crippen molar-refractivity contribution in [1.29, 1.82) is 0 Å². The van der Waals surface area contributed by atoms with Crippen LogP contribution in [0.2, 0.25) is 0 Å². The van der Waals surface area contributed by atoms with Crippen molar-refractivity contribution in [2.75, 3.05) is 13.2 Å². The number of carbonyl (C=O) groups is 3. The highest BCUT2D eigenvalue weighted by atomic mass is 16.6. The van der Waals surface area contributed by atoms with E-state index in [4.69, 9.17) is 14.2 Å². The Hall–Kier alpha value is -2.11. The van der Waals surface area contributed by atoms with Gasteiger partial charge in [-0.3, -0.25) is 14.4 Å². The average molecular weight is 415 g/mol. The molecule has 0 spiro atoms. The lowest BCUT2D eigenvalue weighted by atomic mass is 10.2. The first-order valence-electron chi connectivity index (χ1n) is 10.7. The van der Waals surface area contributed by atoms with Crippen LogP contribution in [0.25, 0.3) is 0 Å². The number of esters is 3. The van der Waals surface area contributed by atoms with Crippen LogP contribution < -0.4 is 0 Å². The highest BCUT2D eigenvalue weighted by Crippen LogP contribution is 2.04. The van der Waals surface area contributed by atoms with Gasteiger partial charge in [-0.1, -0.05) is 65.3 Å². The van der Waals surface area contributed by atoms with Crippen LogP contribution in [0.4, 0.5) is 0 Å². The van der Waals surface area contributed by atoms with Gasteiger partial charge in [0.1, 0.15) is 13.2 Å². The molecule has 0 radical (unpaired) electrons. The number of unbranched alkanes of at least 4 members (excludes halogenated alkanes) is 1. The van der Waals surface area contributed by atoms with Crippen LogP contribution in [0.3, 0.4) is 0 Å². The van der Waals surface area contributed by atoms with Crippen LogP contribution in [-0.4, -0.2) is 37.2 Å². The summed E-state index contributed by atoms with van der Waals surface area (Å²) in [6.07, 6.45) is 10.6. The molecule has 170 valence electrons. The number of hydrogen-bond acceptors (Lipinski definition) is 6. The van der Waals surface area contributed by atoms with Gasteiger partial charge < -0.3 is 14.2 Å². The highest BCUT2D eigenvalue weighted by molar-refractivity contribution is 5.70. The molecule has 0 heterocycles. The molecule has 0 rings (SSSR count). The van der Waals surface area contributed by atoms with Crippen LogP contribution in [-0.2, 0) is 28.6 Å². The standard InChI is InChI=1S/C19H30O6.2C2H6/c1-4-6-8-9-11-12-18(21)24-15-17(14-23-16(3)20)25-19(22)13-10-7-5-2;2*1-2/h5,7-9,17H,4,6,10-15H2,1-3H3;2*1-2H3/b7-5-,9-8?;;. The van der Waals surface area contributed by atoms with Crippen molar-refractivity contribution in [1.82, 2.24) is 0 Å². The number of ether oxygens (including phenoxy) is 3. The Morgan fingerprint density at radius 2 is 1.31 bits per heavy atom. The van der Waals surface area contributed by atoms with E-state index < -0.39 is 18.0 Å². The Balaban J connectivity index is -0.00000158. The summed E-state index contributed by atoms with van der Waals surface area (Å²) in [6.45, 7) is 13.0. The smallest absolute Gasteiger partial charge is 0.306 e. The molecule has 0 aliphatic carbocycles. The van der Waals surface area contributed by atoms with Gasteiger partial charge in [0.25, 0.3) is 0 Å². The molecule has 29 heavy (non-hydrogen) atoms. The minimum absolute atomic E-state index is 0.125. The summed E-state index contributed by atoms with van der Waals surface area (Å²) < 4.78 is 15.2. The molecule has 0 aliphatic rings. The normalized spacial score (nSPS) is 11.0. The van der Waals surface area contributed by atoms with Crippen LogP contribution in [0.1, 0.15) is 87.0 Å². The fraction of sp³-hybridized carbons (Fsp3) is 0.696. The monoisotopic (exact) mass is 414 g/mol. The molecule has 0 aromatic rings. The van der Waals surface area contributed by atoms with Crippen LogP contribution >= 0.6 is 0 Å².